The second-order valence-corrected chi connectivity index (χ2v) is 8.79. The van der Waals surface area contributed by atoms with Crippen LogP contribution in [0.3, 0.4) is 0 Å². The Labute approximate surface area is 201 Å². The van der Waals surface area contributed by atoms with Crippen LogP contribution in [-0.4, -0.2) is 36.8 Å². The van der Waals surface area contributed by atoms with E-state index in [4.69, 9.17) is 17.2 Å². The lowest BCUT2D eigenvalue weighted by atomic mass is 10.1. The van der Waals surface area contributed by atoms with Crippen molar-refractivity contribution < 1.29 is 4.79 Å². The Morgan fingerprint density at radius 1 is 0.912 bits per heavy atom. The van der Waals surface area contributed by atoms with Gasteiger partial charge in [-0.05, 0) is 48.6 Å². The molecule has 168 valence electrons. The number of benzene rings is 3. The Balaban J connectivity index is 1.42. The Hall–Kier alpha value is -4.04. The minimum Gasteiger partial charge on any atom is -0.320 e. The van der Waals surface area contributed by atoms with Crippen LogP contribution in [0.1, 0.15) is 24.0 Å². The molecule has 1 fully saturated rings. The van der Waals surface area contributed by atoms with E-state index in [1.54, 1.807) is 0 Å². The molecule has 0 aliphatic carbocycles. The molecule has 34 heavy (non-hydrogen) atoms. The highest BCUT2D eigenvalue weighted by atomic mass is 32.1. The first-order chi connectivity index (χ1) is 16.7. The minimum atomic E-state index is -0.0211. The van der Waals surface area contributed by atoms with Crippen molar-refractivity contribution in [2.75, 3.05) is 11.4 Å². The van der Waals surface area contributed by atoms with E-state index in [0.29, 0.717) is 24.3 Å². The summed E-state index contributed by atoms with van der Waals surface area (Å²) in [6.45, 7) is 1.08. The minimum absolute atomic E-state index is 0.0211. The lowest BCUT2D eigenvalue weighted by Gasteiger charge is -2.17. The van der Waals surface area contributed by atoms with Crippen LogP contribution in [0.25, 0.3) is 16.7 Å². The zero-order chi connectivity index (χ0) is 23.1. The molecule has 1 amide bonds. The van der Waals surface area contributed by atoms with Crippen molar-refractivity contribution in [3.05, 3.63) is 101 Å². The molecule has 1 aliphatic heterocycles. The smallest absolute Gasteiger partial charge is 0.227 e. The predicted molar refractivity (Wildman–Crippen MR) is 134 cm³/mol. The quantitative estimate of drug-likeness (QED) is 0.376. The topological polar surface area (TPSA) is 71.7 Å². The van der Waals surface area contributed by atoms with Crippen molar-refractivity contribution in [3.8, 4) is 5.69 Å². The number of para-hydroxylation sites is 4. The van der Waals surface area contributed by atoms with Gasteiger partial charge in [0.25, 0.3) is 0 Å². The molecule has 2 aromatic heterocycles. The molecule has 8 heteroatoms. The lowest BCUT2D eigenvalue weighted by Crippen LogP contribution is -2.24. The maximum absolute atomic E-state index is 12.9. The molecule has 3 aromatic carbocycles. The molecule has 6 rings (SSSR count). The molecule has 3 heterocycles. The van der Waals surface area contributed by atoms with Crippen LogP contribution >= 0.6 is 12.2 Å². The van der Waals surface area contributed by atoms with Crippen LogP contribution in [0.4, 0.5) is 5.69 Å². The Morgan fingerprint density at radius 2 is 1.59 bits per heavy atom. The number of rotatable bonds is 5. The van der Waals surface area contributed by atoms with Gasteiger partial charge in [0.1, 0.15) is 5.82 Å². The Morgan fingerprint density at radius 3 is 2.35 bits per heavy atom. The molecule has 5 aromatic rings. The zero-order valence-corrected chi connectivity index (χ0v) is 19.2. The highest BCUT2D eigenvalue weighted by Gasteiger charge is 2.35. The number of nitrogens with one attached hydrogen (secondary N) is 1. The average molecular weight is 467 g/mol. The number of hydrogen-bond donors (Lipinski definition) is 1. The molecule has 0 unspecified atom stereocenters. The van der Waals surface area contributed by atoms with Gasteiger partial charge in [-0.3, -0.25) is 14.5 Å². The summed E-state index contributed by atoms with van der Waals surface area (Å²) < 4.78 is 4.66. The van der Waals surface area contributed by atoms with Gasteiger partial charge >= 0.3 is 0 Å². The summed E-state index contributed by atoms with van der Waals surface area (Å²) in [6.07, 6.45) is 0.420. The van der Waals surface area contributed by atoms with Crippen LogP contribution in [0, 0.1) is 4.77 Å². The molecule has 0 radical (unpaired) electrons. The number of aromatic amines is 1. The van der Waals surface area contributed by atoms with Gasteiger partial charge < -0.3 is 9.47 Å². The first-order valence-corrected chi connectivity index (χ1v) is 11.6. The first kappa shape index (κ1) is 20.6. The first-order valence-electron chi connectivity index (χ1n) is 11.2. The van der Waals surface area contributed by atoms with Crippen molar-refractivity contribution in [1.29, 1.82) is 0 Å². The Kier molecular flexibility index (Phi) is 5.07. The standard InChI is InChI=1S/C26H22N6OS/c33-24-15-18(16-30(24)19-9-3-1-4-10-19)25-27-21-13-7-8-14-22(21)31(25)17-23-28-29-26(34)32(23)20-11-5-2-6-12-20/h1-14,18H,15-17H2,(H,29,34)/t18-/m1/s1. The highest BCUT2D eigenvalue weighted by molar-refractivity contribution is 7.71. The van der Waals surface area contributed by atoms with Gasteiger partial charge in [-0.25, -0.2) is 4.98 Å². The van der Waals surface area contributed by atoms with E-state index < -0.39 is 0 Å². The summed E-state index contributed by atoms with van der Waals surface area (Å²) >= 11 is 5.54. The van der Waals surface area contributed by atoms with Gasteiger partial charge in [0.15, 0.2) is 10.6 Å². The van der Waals surface area contributed by atoms with Crippen molar-refractivity contribution in [1.82, 2.24) is 24.3 Å². The third-order valence-electron chi connectivity index (χ3n) is 6.30. The molecule has 1 saturated heterocycles. The number of carbonyl (C=O) groups excluding carboxylic acids is 1. The fourth-order valence-corrected chi connectivity index (χ4v) is 4.99. The normalized spacial score (nSPS) is 15.9. The average Bonchev–Trinajstić information content (AvgIpc) is 3.55. The number of aromatic nitrogens is 5. The van der Waals surface area contributed by atoms with E-state index >= 15 is 0 Å². The predicted octanol–water partition coefficient (Wildman–Crippen LogP) is 4.85. The fraction of sp³-hybridized carbons (Fsp3) is 0.154. The molecule has 1 aliphatic rings. The highest BCUT2D eigenvalue weighted by Crippen LogP contribution is 2.33. The van der Waals surface area contributed by atoms with E-state index in [2.05, 4.69) is 20.8 Å². The number of fused-ring (bicyclic) bond motifs is 1. The van der Waals surface area contributed by atoms with Crippen LogP contribution in [0.2, 0.25) is 0 Å². The zero-order valence-electron chi connectivity index (χ0n) is 18.3. The maximum atomic E-state index is 12.9. The summed E-state index contributed by atoms with van der Waals surface area (Å²) in [7, 11) is 0. The van der Waals surface area contributed by atoms with Gasteiger partial charge in [-0.1, -0.05) is 48.5 Å². The number of imidazole rings is 1. The van der Waals surface area contributed by atoms with Crippen LogP contribution in [0.15, 0.2) is 84.9 Å². The van der Waals surface area contributed by atoms with E-state index in [0.717, 1.165) is 34.1 Å². The van der Waals surface area contributed by atoms with E-state index in [1.165, 1.54) is 0 Å². The number of anilines is 1. The summed E-state index contributed by atoms with van der Waals surface area (Å²) in [6, 6.07) is 27.8. The monoisotopic (exact) mass is 466 g/mol. The maximum Gasteiger partial charge on any atom is 0.227 e. The molecule has 1 atom stereocenters. The molecule has 7 nitrogen and oxygen atoms in total. The number of nitrogens with zero attached hydrogens (tertiary/aromatic N) is 5. The fourth-order valence-electron chi connectivity index (χ4n) is 4.73. The van der Waals surface area contributed by atoms with Gasteiger partial charge in [0, 0.05) is 30.3 Å². The molecule has 0 spiro atoms. The third-order valence-corrected chi connectivity index (χ3v) is 6.57. The summed E-state index contributed by atoms with van der Waals surface area (Å²) in [4.78, 5) is 19.8. The summed E-state index contributed by atoms with van der Waals surface area (Å²) in [5.41, 5.74) is 3.79. The van der Waals surface area contributed by atoms with Gasteiger partial charge in [-0.2, -0.15) is 5.10 Å². The molecular formula is C26H22N6OS. The number of H-pyrrole nitrogens is 1. The summed E-state index contributed by atoms with van der Waals surface area (Å²) in [5.74, 6) is 1.76. The van der Waals surface area contributed by atoms with E-state index in [1.807, 2.05) is 88.3 Å². The van der Waals surface area contributed by atoms with Crippen molar-refractivity contribution in [2.45, 2.75) is 18.9 Å². The number of carbonyl (C=O) groups is 1. The van der Waals surface area contributed by atoms with Crippen molar-refractivity contribution >= 4 is 34.8 Å². The summed E-state index contributed by atoms with van der Waals surface area (Å²) in [5, 5.41) is 7.48. The second kappa shape index (κ2) is 8.39. The second-order valence-electron chi connectivity index (χ2n) is 8.40. The lowest BCUT2D eigenvalue weighted by molar-refractivity contribution is -0.117. The number of hydrogen-bond acceptors (Lipinski definition) is 4. The van der Waals surface area contributed by atoms with Crippen LogP contribution < -0.4 is 4.90 Å². The van der Waals surface area contributed by atoms with Crippen molar-refractivity contribution in [3.63, 3.8) is 0 Å². The van der Waals surface area contributed by atoms with Gasteiger partial charge in [0.2, 0.25) is 5.91 Å². The van der Waals surface area contributed by atoms with E-state index in [-0.39, 0.29) is 11.8 Å². The molecular weight excluding hydrogens is 444 g/mol. The Bertz CT molecular complexity index is 1540. The van der Waals surface area contributed by atoms with Crippen LogP contribution in [0.5, 0.6) is 0 Å². The molecule has 0 saturated carbocycles. The number of amides is 1. The van der Waals surface area contributed by atoms with Gasteiger partial charge in [-0.15, -0.1) is 0 Å². The SMILES string of the molecule is O=C1C[C@@H](c2nc3ccccc3n2Cc2n[nH]c(=S)n2-c2ccccc2)CN1c1ccccc1. The van der Waals surface area contributed by atoms with Crippen molar-refractivity contribution in [2.24, 2.45) is 0 Å². The molecule has 1 N–H and O–H groups in total. The van der Waals surface area contributed by atoms with Crippen LogP contribution in [-0.2, 0) is 11.3 Å². The largest absolute Gasteiger partial charge is 0.320 e. The van der Waals surface area contributed by atoms with Gasteiger partial charge in [0.05, 0.1) is 17.6 Å². The third kappa shape index (κ3) is 3.52. The van der Waals surface area contributed by atoms with E-state index in [9.17, 15) is 4.79 Å². The molecule has 0 bridgehead atoms.